The number of aliphatic hydroxyl groups excluding tert-OH is 1. The van der Waals surface area contributed by atoms with Gasteiger partial charge in [0.2, 0.25) is 0 Å². The highest BCUT2D eigenvalue weighted by molar-refractivity contribution is 5.87. The third-order valence-corrected chi connectivity index (χ3v) is 2.73. The van der Waals surface area contributed by atoms with E-state index in [0.717, 1.165) is 0 Å². The fraction of sp³-hybridized carbons (Fsp3) is 0.438. The quantitative estimate of drug-likeness (QED) is 0.816. The van der Waals surface area contributed by atoms with Crippen LogP contribution in [0, 0.1) is 0 Å². The van der Waals surface area contributed by atoms with Crippen molar-refractivity contribution < 1.29 is 24.1 Å². The maximum absolute atomic E-state index is 11.9. The molecule has 0 saturated carbocycles. The lowest BCUT2D eigenvalue weighted by Gasteiger charge is -2.22. The van der Waals surface area contributed by atoms with Gasteiger partial charge in [-0.15, -0.1) is 6.58 Å². The molecule has 2 N–H and O–H groups in total. The molecule has 22 heavy (non-hydrogen) atoms. The second kappa shape index (κ2) is 7.17. The number of hydrogen-bond donors (Lipinski definition) is 2. The molecule has 0 aliphatic carbocycles. The molecule has 0 radical (unpaired) electrons. The number of methoxy groups -OCH3 is 2. The lowest BCUT2D eigenvalue weighted by Crippen LogP contribution is -2.27. The van der Waals surface area contributed by atoms with Crippen LogP contribution in [0.15, 0.2) is 24.8 Å². The van der Waals surface area contributed by atoms with E-state index in [-0.39, 0.29) is 0 Å². The first kappa shape index (κ1) is 17.8. The highest BCUT2D eigenvalue weighted by atomic mass is 16.6. The zero-order valence-corrected chi connectivity index (χ0v) is 13.6. The molecule has 0 aliphatic rings. The zero-order valence-electron chi connectivity index (χ0n) is 13.6. The van der Waals surface area contributed by atoms with Crippen LogP contribution < -0.4 is 14.8 Å². The Labute approximate surface area is 130 Å². The van der Waals surface area contributed by atoms with Crippen LogP contribution in [0.5, 0.6) is 11.5 Å². The first-order valence-corrected chi connectivity index (χ1v) is 6.78. The van der Waals surface area contributed by atoms with E-state index < -0.39 is 17.8 Å². The van der Waals surface area contributed by atoms with Gasteiger partial charge in [0.15, 0.2) is 11.5 Å². The van der Waals surface area contributed by atoms with Crippen LogP contribution in [0.2, 0.25) is 0 Å². The van der Waals surface area contributed by atoms with Crippen LogP contribution in [0.1, 0.15) is 32.4 Å². The molecule has 1 amide bonds. The Balaban J connectivity index is 3.20. The highest BCUT2D eigenvalue weighted by Crippen LogP contribution is 2.36. The van der Waals surface area contributed by atoms with Crippen molar-refractivity contribution in [3.05, 3.63) is 30.4 Å². The monoisotopic (exact) mass is 309 g/mol. The van der Waals surface area contributed by atoms with Crippen molar-refractivity contribution in [3.63, 3.8) is 0 Å². The average molecular weight is 309 g/mol. The normalized spacial score (nSPS) is 12.3. The van der Waals surface area contributed by atoms with Crippen LogP contribution >= 0.6 is 0 Å². The number of aliphatic hydroxyl groups is 1. The number of hydrogen-bond acceptors (Lipinski definition) is 5. The minimum absolute atomic E-state index is 0.360. The number of carbonyl (C=O) groups excluding carboxylic acids is 1. The summed E-state index contributed by atoms with van der Waals surface area (Å²) in [5.41, 5.74) is 0.163. The van der Waals surface area contributed by atoms with Gasteiger partial charge in [-0.05, 0) is 26.8 Å². The third-order valence-electron chi connectivity index (χ3n) is 2.73. The van der Waals surface area contributed by atoms with Gasteiger partial charge < -0.3 is 19.3 Å². The van der Waals surface area contributed by atoms with E-state index in [1.807, 2.05) is 0 Å². The third kappa shape index (κ3) is 4.66. The van der Waals surface area contributed by atoms with Crippen LogP contribution in [-0.4, -0.2) is 31.0 Å². The number of benzene rings is 1. The predicted octanol–water partition coefficient (Wildman–Crippen LogP) is 3.27. The van der Waals surface area contributed by atoms with Gasteiger partial charge in [-0.2, -0.15) is 0 Å². The summed E-state index contributed by atoms with van der Waals surface area (Å²) in [6.45, 7) is 8.84. The highest BCUT2D eigenvalue weighted by Gasteiger charge is 2.20. The Hall–Kier alpha value is -2.21. The summed E-state index contributed by atoms with van der Waals surface area (Å²) in [6.07, 6.45) is -0.247. The molecule has 0 heterocycles. The zero-order chi connectivity index (χ0) is 16.9. The van der Waals surface area contributed by atoms with E-state index in [0.29, 0.717) is 22.7 Å². The lowest BCUT2D eigenvalue weighted by atomic mass is 10.1. The molecular weight excluding hydrogens is 286 g/mol. The van der Waals surface area contributed by atoms with Crippen molar-refractivity contribution >= 4 is 11.8 Å². The topological polar surface area (TPSA) is 77.0 Å². The first-order chi connectivity index (χ1) is 10.2. The maximum Gasteiger partial charge on any atom is 0.412 e. The van der Waals surface area contributed by atoms with E-state index in [4.69, 9.17) is 14.2 Å². The molecule has 0 bridgehead atoms. The molecule has 1 atom stereocenters. The van der Waals surface area contributed by atoms with Crippen LogP contribution in [0.3, 0.4) is 0 Å². The fourth-order valence-corrected chi connectivity index (χ4v) is 1.79. The summed E-state index contributed by atoms with van der Waals surface area (Å²) >= 11 is 0. The Morgan fingerprint density at radius 1 is 1.27 bits per heavy atom. The van der Waals surface area contributed by atoms with Gasteiger partial charge in [0.1, 0.15) is 5.60 Å². The largest absolute Gasteiger partial charge is 0.493 e. The average Bonchev–Trinajstić information content (AvgIpc) is 2.43. The lowest BCUT2D eigenvalue weighted by molar-refractivity contribution is 0.0635. The predicted molar refractivity (Wildman–Crippen MR) is 84.6 cm³/mol. The molecule has 1 aromatic rings. The minimum Gasteiger partial charge on any atom is -0.493 e. The van der Waals surface area contributed by atoms with Crippen molar-refractivity contribution in [2.45, 2.75) is 32.5 Å². The molecule has 1 unspecified atom stereocenters. The van der Waals surface area contributed by atoms with Crippen molar-refractivity contribution in [2.24, 2.45) is 0 Å². The number of carbonyl (C=O) groups is 1. The molecule has 6 heteroatoms. The fourth-order valence-electron chi connectivity index (χ4n) is 1.79. The molecule has 0 aliphatic heterocycles. The van der Waals surface area contributed by atoms with Crippen LogP contribution in [0.4, 0.5) is 10.5 Å². The van der Waals surface area contributed by atoms with Gasteiger partial charge in [0.05, 0.1) is 26.0 Å². The Bertz CT molecular complexity index is 548. The summed E-state index contributed by atoms with van der Waals surface area (Å²) in [6, 6.07) is 3.14. The number of anilines is 1. The van der Waals surface area contributed by atoms with Gasteiger partial charge in [-0.1, -0.05) is 6.08 Å². The molecule has 0 fully saturated rings. The second-order valence-corrected chi connectivity index (χ2v) is 5.60. The molecule has 1 aromatic carbocycles. The van der Waals surface area contributed by atoms with E-state index >= 15 is 0 Å². The summed E-state index contributed by atoms with van der Waals surface area (Å²) in [4.78, 5) is 11.9. The molecule has 0 aromatic heterocycles. The van der Waals surface area contributed by atoms with Gasteiger partial charge in [0.25, 0.3) is 0 Å². The molecule has 6 nitrogen and oxygen atoms in total. The Kier molecular flexibility index (Phi) is 5.82. The van der Waals surface area contributed by atoms with E-state index in [9.17, 15) is 9.90 Å². The number of nitrogens with one attached hydrogen (secondary N) is 1. The molecule has 0 spiro atoms. The number of rotatable bonds is 5. The summed E-state index contributed by atoms with van der Waals surface area (Å²) in [5, 5.41) is 12.6. The maximum atomic E-state index is 11.9. The number of ether oxygens (including phenoxy) is 3. The smallest absolute Gasteiger partial charge is 0.412 e. The van der Waals surface area contributed by atoms with Crippen LogP contribution in [-0.2, 0) is 4.74 Å². The number of amides is 1. The van der Waals surface area contributed by atoms with Crippen molar-refractivity contribution in [2.75, 3.05) is 19.5 Å². The summed E-state index contributed by atoms with van der Waals surface area (Å²) < 4.78 is 15.6. The molecule has 122 valence electrons. The van der Waals surface area contributed by atoms with Crippen molar-refractivity contribution in [1.29, 1.82) is 0 Å². The van der Waals surface area contributed by atoms with Gasteiger partial charge in [-0.25, -0.2) is 4.79 Å². The molecule has 1 rings (SSSR count). The standard InChI is InChI=1S/C16H23NO5/c1-7-12(18)10-8-13(20-5)14(21-6)9-11(10)17-15(19)22-16(2,3)4/h7-9,12,18H,1H2,2-6H3,(H,17,19). The minimum atomic E-state index is -0.968. The summed E-state index contributed by atoms with van der Waals surface area (Å²) in [5.74, 6) is 0.863. The van der Waals surface area contributed by atoms with Crippen LogP contribution in [0.25, 0.3) is 0 Å². The summed E-state index contributed by atoms with van der Waals surface area (Å²) in [7, 11) is 2.97. The Morgan fingerprint density at radius 3 is 2.27 bits per heavy atom. The SMILES string of the molecule is C=CC(O)c1cc(OC)c(OC)cc1NC(=O)OC(C)(C)C. The van der Waals surface area contributed by atoms with E-state index in [2.05, 4.69) is 11.9 Å². The van der Waals surface area contributed by atoms with Crippen molar-refractivity contribution in [1.82, 2.24) is 0 Å². The van der Waals surface area contributed by atoms with Gasteiger partial charge in [-0.3, -0.25) is 5.32 Å². The van der Waals surface area contributed by atoms with Gasteiger partial charge >= 0.3 is 6.09 Å². The van der Waals surface area contributed by atoms with E-state index in [1.54, 1.807) is 32.9 Å². The Morgan fingerprint density at radius 2 is 1.82 bits per heavy atom. The van der Waals surface area contributed by atoms with Crippen molar-refractivity contribution in [3.8, 4) is 11.5 Å². The molecular formula is C16H23NO5. The first-order valence-electron chi connectivity index (χ1n) is 6.78. The molecule has 0 saturated heterocycles. The van der Waals surface area contributed by atoms with Gasteiger partial charge in [0, 0.05) is 11.6 Å². The second-order valence-electron chi connectivity index (χ2n) is 5.60. The van der Waals surface area contributed by atoms with E-state index in [1.165, 1.54) is 20.3 Å².